The van der Waals surface area contributed by atoms with E-state index < -0.39 is 0 Å². The molecule has 2 N–H and O–H groups in total. The first-order chi connectivity index (χ1) is 10.9. The zero-order valence-corrected chi connectivity index (χ0v) is 17.8. The smallest absolute Gasteiger partial charge is 0.243 e. The van der Waals surface area contributed by atoms with Gasteiger partial charge in [0.1, 0.15) is 6.54 Å². The summed E-state index contributed by atoms with van der Waals surface area (Å²) in [7, 11) is 3.47. The van der Waals surface area contributed by atoms with Crippen molar-refractivity contribution in [3.8, 4) is 0 Å². The van der Waals surface area contributed by atoms with E-state index in [9.17, 15) is 4.79 Å². The monoisotopic (exact) mass is 450 g/mol. The Kier molecular flexibility index (Phi) is 11.4. The third-order valence-corrected chi connectivity index (χ3v) is 3.36. The highest BCUT2D eigenvalue weighted by atomic mass is 127. The second kappa shape index (κ2) is 12.1. The van der Waals surface area contributed by atoms with Crippen molar-refractivity contribution >= 4 is 35.8 Å². The molecule has 1 heterocycles. The van der Waals surface area contributed by atoms with Crippen LogP contribution in [0.25, 0.3) is 0 Å². The largest absolute Gasteiger partial charge is 0.356 e. The normalized spacial score (nSPS) is 11.0. The lowest BCUT2D eigenvalue weighted by atomic mass is 10.4. The maximum absolute atomic E-state index is 11.6. The van der Waals surface area contributed by atoms with Crippen LogP contribution in [0.5, 0.6) is 0 Å². The standard InChI is InChI=1S/C16H30N6O.HI/c1-6-8-17-16(19-12-15(23)21(4)5)18-9-7-10-22-14(3)11-13(2)20-22;/h11H,6-10,12H2,1-5H3,(H2,17,18,19);1H. The number of aryl methyl sites for hydroxylation is 3. The summed E-state index contributed by atoms with van der Waals surface area (Å²) in [6.45, 7) is 8.80. The Labute approximate surface area is 162 Å². The molecule has 0 aromatic carbocycles. The molecule has 0 bridgehead atoms. The van der Waals surface area contributed by atoms with E-state index in [1.54, 1.807) is 19.0 Å². The van der Waals surface area contributed by atoms with E-state index in [4.69, 9.17) is 0 Å². The van der Waals surface area contributed by atoms with E-state index in [0.717, 1.165) is 38.2 Å². The Morgan fingerprint density at radius 2 is 1.96 bits per heavy atom. The zero-order chi connectivity index (χ0) is 17.2. The van der Waals surface area contributed by atoms with Gasteiger partial charge in [-0.1, -0.05) is 6.92 Å². The molecular formula is C16H31IN6O. The summed E-state index contributed by atoms with van der Waals surface area (Å²) in [5, 5.41) is 10.9. The molecule has 0 spiro atoms. The van der Waals surface area contributed by atoms with Gasteiger partial charge in [-0.05, 0) is 32.8 Å². The number of aromatic nitrogens is 2. The molecular weight excluding hydrogens is 419 g/mol. The average Bonchev–Trinajstić information content (AvgIpc) is 2.82. The predicted octanol–water partition coefficient (Wildman–Crippen LogP) is 1.54. The zero-order valence-electron chi connectivity index (χ0n) is 15.4. The van der Waals surface area contributed by atoms with Gasteiger partial charge in [-0.2, -0.15) is 5.10 Å². The lowest BCUT2D eigenvalue weighted by Crippen LogP contribution is -2.39. The van der Waals surface area contributed by atoms with Gasteiger partial charge in [0.05, 0.1) is 5.69 Å². The third kappa shape index (κ3) is 8.51. The molecule has 1 aromatic heterocycles. The maximum Gasteiger partial charge on any atom is 0.243 e. The molecule has 1 rings (SSSR count). The number of aliphatic imine (C=N–C) groups is 1. The van der Waals surface area contributed by atoms with Crippen molar-refractivity contribution in [3.05, 3.63) is 17.5 Å². The summed E-state index contributed by atoms with van der Waals surface area (Å²) >= 11 is 0. The molecule has 0 saturated carbocycles. The van der Waals surface area contributed by atoms with Gasteiger partial charge < -0.3 is 15.5 Å². The van der Waals surface area contributed by atoms with Crippen LogP contribution in [0.2, 0.25) is 0 Å². The Bertz CT molecular complexity index is 527. The van der Waals surface area contributed by atoms with Crippen LogP contribution in [-0.2, 0) is 11.3 Å². The molecule has 0 radical (unpaired) electrons. The van der Waals surface area contributed by atoms with Crippen molar-refractivity contribution in [2.75, 3.05) is 33.7 Å². The summed E-state index contributed by atoms with van der Waals surface area (Å²) in [4.78, 5) is 17.5. The molecule has 0 aliphatic heterocycles. The minimum atomic E-state index is -0.00904. The van der Waals surface area contributed by atoms with Crippen LogP contribution in [0, 0.1) is 13.8 Å². The number of hydrogen-bond acceptors (Lipinski definition) is 3. The number of amides is 1. The fourth-order valence-corrected chi connectivity index (χ4v) is 2.04. The average molecular weight is 450 g/mol. The second-order valence-electron chi connectivity index (χ2n) is 5.81. The summed E-state index contributed by atoms with van der Waals surface area (Å²) in [6.07, 6.45) is 1.95. The number of carbonyl (C=O) groups excluding carboxylic acids is 1. The van der Waals surface area contributed by atoms with Crippen molar-refractivity contribution < 1.29 is 4.79 Å². The number of nitrogens with zero attached hydrogens (tertiary/aromatic N) is 4. The quantitative estimate of drug-likeness (QED) is 0.273. The summed E-state index contributed by atoms with van der Waals surface area (Å²) in [5.74, 6) is 0.681. The van der Waals surface area contributed by atoms with Gasteiger partial charge in [-0.3, -0.25) is 9.48 Å². The fraction of sp³-hybridized carbons (Fsp3) is 0.688. The molecule has 0 fully saturated rings. The Morgan fingerprint density at radius 3 is 2.50 bits per heavy atom. The van der Waals surface area contributed by atoms with E-state index in [1.807, 2.05) is 11.6 Å². The van der Waals surface area contributed by atoms with Gasteiger partial charge in [0.25, 0.3) is 0 Å². The number of carbonyl (C=O) groups is 1. The number of likely N-dealkylation sites (N-methyl/N-ethyl adjacent to an activating group) is 1. The van der Waals surface area contributed by atoms with Gasteiger partial charge in [-0.15, -0.1) is 24.0 Å². The van der Waals surface area contributed by atoms with Crippen molar-refractivity contribution in [2.24, 2.45) is 4.99 Å². The molecule has 0 aliphatic rings. The molecule has 7 nitrogen and oxygen atoms in total. The van der Waals surface area contributed by atoms with Crippen molar-refractivity contribution in [1.29, 1.82) is 0 Å². The Morgan fingerprint density at radius 1 is 1.29 bits per heavy atom. The molecule has 0 aliphatic carbocycles. The van der Waals surface area contributed by atoms with E-state index in [-0.39, 0.29) is 36.4 Å². The van der Waals surface area contributed by atoms with E-state index in [2.05, 4.69) is 40.6 Å². The fourth-order valence-electron chi connectivity index (χ4n) is 2.04. The first-order valence-electron chi connectivity index (χ1n) is 8.17. The van der Waals surface area contributed by atoms with E-state index in [1.165, 1.54) is 5.69 Å². The van der Waals surface area contributed by atoms with Gasteiger partial charge in [0, 0.05) is 39.4 Å². The highest BCUT2D eigenvalue weighted by Gasteiger charge is 2.04. The lowest BCUT2D eigenvalue weighted by Gasteiger charge is -2.13. The SMILES string of the molecule is CCCNC(=NCC(=O)N(C)C)NCCCn1nc(C)cc1C.I. The number of nitrogens with one attached hydrogen (secondary N) is 2. The third-order valence-electron chi connectivity index (χ3n) is 3.36. The predicted molar refractivity (Wildman–Crippen MR) is 109 cm³/mol. The first-order valence-corrected chi connectivity index (χ1v) is 8.17. The number of guanidine groups is 1. The lowest BCUT2D eigenvalue weighted by molar-refractivity contribution is -0.127. The van der Waals surface area contributed by atoms with Crippen molar-refractivity contribution in [2.45, 2.75) is 40.2 Å². The Balaban J connectivity index is 0.00000529. The van der Waals surface area contributed by atoms with Crippen LogP contribution >= 0.6 is 24.0 Å². The summed E-state index contributed by atoms with van der Waals surface area (Å²) in [5.41, 5.74) is 2.22. The van der Waals surface area contributed by atoms with E-state index >= 15 is 0 Å². The molecule has 8 heteroatoms. The van der Waals surface area contributed by atoms with Crippen LogP contribution in [0.3, 0.4) is 0 Å². The maximum atomic E-state index is 11.6. The Hall–Kier alpha value is -1.32. The van der Waals surface area contributed by atoms with Gasteiger partial charge in [0.2, 0.25) is 5.91 Å². The highest BCUT2D eigenvalue weighted by Crippen LogP contribution is 2.02. The molecule has 138 valence electrons. The second-order valence-corrected chi connectivity index (χ2v) is 5.81. The van der Waals surface area contributed by atoms with Gasteiger partial charge in [0.15, 0.2) is 5.96 Å². The molecule has 0 unspecified atom stereocenters. The number of rotatable bonds is 8. The molecule has 1 aromatic rings. The van der Waals surface area contributed by atoms with Crippen molar-refractivity contribution in [1.82, 2.24) is 25.3 Å². The minimum Gasteiger partial charge on any atom is -0.356 e. The molecule has 0 atom stereocenters. The summed E-state index contributed by atoms with van der Waals surface area (Å²) in [6, 6.07) is 2.08. The number of halogens is 1. The molecule has 24 heavy (non-hydrogen) atoms. The number of hydrogen-bond donors (Lipinski definition) is 2. The van der Waals surface area contributed by atoms with Crippen LogP contribution in [0.1, 0.15) is 31.2 Å². The molecule has 0 saturated heterocycles. The van der Waals surface area contributed by atoms with Crippen LogP contribution < -0.4 is 10.6 Å². The first kappa shape index (κ1) is 22.7. The van der Waals surface area contributed by atoms with E-state index in [0.29, 0.717) is 5.96 Å². The van der Waals surface area contributed by atoms with Crippen molar-refractivity contribution in [3.63, 3.8) is 0 Å². The van der Waals surface area contributed by atoms with Gasteiger partial charge in [-0.25, -0.2) is 4.99 Å². The van der Waals surface area contributed by atoms with Crippen LogP contribution in [0.15, 0.2) is 11.1 Å². The molecule has 1 amide bonds. The van der Waals surface area contributed by atoms with Crippen LogP contribution in [0.4, 0.5) is 0 Å². The highest BCUT2D eigenvalue weighted by molar-refractivity contribution is 14.0. The minimum absolute atomic E-state index is 0. The van der Waals surface area contributed by atoms with Crippen LogP contribution in [-0.4, -0.2) is 60.3 Å². The summed E-state index contributed by atoms with van der Waals surface area (Å²) < 4.78 is 2.02. The van der Waals surface area contributed by atoms with Gasteiger partial charge >= 0.3 is 0 Å². The topological polar surface area (TPSA) is 74.6 Å².